The van der Waals surface area contributed by atoms with Crippen LogP contribution in [0.15, 0.2) is 0 Å². The van der Waals surface area contributed by atoms with Crippen molar-refractivity contribution in [2.24, 2.45) is 0 Å². The van der Waals surface area contributed by atoms with E-state index in [1.165, 1.54) is 0 Å². The standard InChI is InChI=1S/7Na.O3Si.5H2O/c;;;;;;;1-4(2)3;;;;;/h;;;;;;;;5*1H2/q7*+1;-2;;;;;/p-5. The minimum absolute atomic E-state index is 0. The molecule has 64 valence electrons. The van der Waals surface area contributed by atoms with Gasteiger partial charge in [-0.25, -0.2) is 0 Å². The summed E-state index contributed by atoms with van der Waals surface area (Å²) in [6, 6.07) is 0. The molecule has 0 radical (unpaired) electrons. The largest absolute Gasteiger partial charge is 1.00 e. The first-order valence-corrected chi connectivity index (χ1v) is 1.84. The van der Waals surface area contributed by atoms with Gasteiger partial charge in [-0.1, -0.05) is 0 Å². The first-order chi connectivity index (χ1) is 1.73. The van der Waals surface area contributed by atoms with E-state index >= 15 is 0 Å². The average molecular weight is 322 g/mol. The summed E-state index contributed by atoms with van der Waals surface area (Å²) in [5.41, 5.74) is 0. The third kappa shape index (κ3) is 187. The van der Waals surface area contributed by atoms with Gasteiger partial charge in [-0.15, -0.1) is 0 Å². The van der Waals surface area contributed by atoms with Gasteiger partial charge >= 0.3 is 207 Å². The Kier molecular flexibility index (Phi) is 730. The second-order valence-corrected chi connectivity index (χ2v) is 0.750. The van der Waals surface area contributed by atoms with Crippen LogP contribution in [0.2, 0.25) is 0 Å². The van der Waals surface area contributed by atoms with Gasteiger partial charge in [-0.3, -0.25) is 0 Å². The van der Waals surface area contributed by atoms with Crippen molar-refractivity contribution in [1.29, 1.82) is 0 Å². The van der Waals surface area contributed by atoms with Crippen molar-refractivity contribution in [2.45, 2.75) is 0 Å². The second-order valence-electron chi connectivity index (χ2n) is 0.250. The number of rotatable bonds is 0. The van der Waals surface area contributed by atoms with Crippen LogP contribution in [0.4, 0.5) is 0 Å². The van der Waals surface area contributed by atoms with Crippen LogP contribution in [-0.2, 0) is 4.46 Å². The van der Waals surface area contributed by atoms with Gasteiger partial charge < -0.3 is 41.4 Å². The monoisotopic (exact) mass is 322 g/mol. The first-order valence-electron chi connectivity index (χ1n) is 0.612. The summed E-state index contributed by atoms with van der Waals surface area (Å²) in [4.78, 5) is 17.0. The van der Waals surface area contributed by atoms with E-state index in [-0.39, 0.29) is 234 Å². The van der Waals surface area contributed by atoms with Crippen LogP contribution in [0.3, 0.4) is 0 Å². The fraction of sp³-hybridized carbons (Fsp3) is 0. The molecular weight excluding hydrogens is 317 g/mol. The van der Waals surface area contributed by atoms with Gasteiger partial charge in [-0.2, -0.15) is 0 Å². The van der Waals surface area contributed by atoms with E-state index in [2.05, 4.69) is 0 Å². The topological polar surface area (TPSA) is 213 Å². The van der Waals surface area contributed by atoms with E-state index in [0.717, 1.165) is 0 Å². The molecule has 0 atom stereocenters. The van der Waals surface area contributed by atoms with Crippen LogP contribution < -0.4 is 216 Å². The van der Waals surface area contributed by atoms with Gasteiger partial charge in [0.1, 0.15) is 0 Å². The van der Waals surface area contributed by atoms with Crippen LogP contribution in [0.1, 0.15) is 0 Å². The zero-order valence-corrected chi connectivity index (χ0v) is 26.0. The maximum Gasteiger partial charge on any atom is 1.00 e. The first kappa shape index (κ1) is 116. The van der Waals surface area contributed by atoms with Gasteiger partial charge in [-0.05, 0) is 0 Å². The molecule has 8 nitrogen and oxygen atoms in total. The zero-order valence-electron chi connectivity index (χ0n) is 11.0. The molecule has 0 saturated carbocycles. The molecule has 0 saturated heterocycles. The molecule has 0 heterocycles. The summed E-state index contributed by atoms with van der Waals surface area (Å²) in [7, 11) is -3.63. The van der Waals surface area contributed by atoms with Crippen molar-refractivity contribution in [2.75, 3.05) is 0 Å². The summed E-state index contributed by atoms with van der Waals surface area (Å²) >= 11 is 0. The maximum absolute atomic E-state index is 8.52. The minimum atomic E-state index is -3.63. The molecule has 0 bridgehead atoms. The molecule has 0 aliphatic carbocycles. The normalized spacial score (nSPS) is 1.50. The minimum Gasteiger partial charge on any atom is -0.870 e. The van der Waals surface area contributed by atoms with Crippen LogP contribution in [0.5, 0.6) is 0 Å². The van der Waals surface area contributed by atoms with Crippen LogP contribution in [-0.4, -0.2) is 36.6 Å². The van der Waals surface area contributed by atoms with E-state index in [1.54, 1.807) is 0 Å². The summed E-state index contributed by atoms with van der Waals surface area (Å²) in [5.74, 6) is 0. The Labute approximate surface area is 251 Å². The van der Waals surface area contributed by atoms with Gasteiger partial charge in [0.05, 0.1) is 0 Å². The fourth-order valence-corrected chi connectivity index (χ4v) is 0. The number of hydrogen-bond donors (Lipinski definition) is 0. The Morgan fingerprint density at radius 3 is 0.500 bits per heavy atom. The molecule has 0 aromatic carbocycles. The molecule has 16 heavy (non-hydrogen) atoms. The van der Waals surface area contributed by atoms with E-state index in [0.29, 0.717) is 0 Å². The van der Waals surface area contributed by atoms with Crippen molar-refractivity contribution in [3.63, 3.8) is 0 Å². The Bertz CT molecular complexity index is 43.4. The molecule has 5 N–H and O–H groups in total. The Morgan fingerprint density at radius 2 is 0.500 bits per heavy atom. The Hall–Kier alpha value is 6.42. The Morgan fingerprint density at radius 1 is 0.500 bits per heavy atom. The van der Waals surface area contributed by atoms with Gasteiger partial charge in [0, 0.05) is 9.17 Å². The molecule has 0 unspecified atom stereocenters. The van der Waals surface area contributed by atoms with Crippen molar-refractivity contribution in [3.8, 4) is 0 Å². The van der Waals surface area contributed by atoms with Crippen LogP contribution in [0, 0.1) is 0 Å². The molecular formula is H5Na7O8Si. The SMILES string of the molecule is O=[Si]([O-])[O-].[Na+].[Na+].[Na+].[Na+].[Na+].[Na+].[Na+].[OH-].[OH-].[OH-].[OH-].[OH-]. The Balaban J connectivity index is -0.000000000682. The molecule has 0 rings (SSSR count). The van der Waals surface area contributed by atoms with Gasteiger partial charge in [0.2, 0.25) is 0 Å². The summed E-state index contributed by atoms with van der Waals surface area (Å²) in [6.07, 6.45) is 0. The molecule has 0 fully saturated rings. The molecule has 0 aromatic rings. The van der Waals surface area contributed by atoms with Crippen molar-refractivity contribution >= 4 is 9.17 Å². The second kappa shape index (κ2) is 101. The summed E-state index contributed by atoms with van der Waals surface area (Å²) in [6.45, 7) is 0. The molecule has 0 aliphatic heterocycles. The van der Waals surface area contributed by atoms with Crippen molar-refractivity contribution in [1.82, 2.24) is 0 Å². The van der Waals surface area contributed by atoms with Crippen molar-refractivity contribution < 1.29 is 248 Å². The quantitative estimate of drug-likeness (QED) is 0.389. The fourth-order valence-electron chi connectivity index (χ4n) is 0. The average Bonchev–Trinajstić information content (AvgIpc) is 0.811. The van der Waals surface area contributed by atoms with Crippen LogP contribution in [0.25, 0.3) is 0 Å². The molecule has 0 aromatic heterocycles. The van der Waals surface area contributed by atoms with E-state index in [1.807, 2.05) is 0 Å². The van der Waals surface area contributed by atoms with E-state index in [9.17, 15) is 0 Å². The zero-order chi connectivity index (χ0) is 3.58. The molecule has 0 amide bonds. The predicted octanol–water partition coefficient (Wildman–Crippen LogP) is -24.7. The third-order valence-corrected chi connectivity index (χ3v) is 0. The molecule has 16 heteroatoms. The van der Waals surface area contributed by atoms with E-state index < -0.39 is 9.17 Å². The van der Waals surface area contributed by atoms with Gasteiger partial charge in [0.25, 0.3) is 0 Å². The van der Waals surface area contributed by atoms with Crippen molar-refractivity contribution in [3.05, 3.63) is 0 Å². The third-order valence-electron chi connectivity index (χ3n) is 0. The predicted molar refractivity (Wildman–Crippen MR) is 16.1 cm³/mol. The van der Waals surface area contributed by atoms with Crippen LogP contribution >= 0.6 is 0 Å². The maximum atomic E-state index is 8.52. The molecule has 0 aliphatic rings. The number of hydrogen-bond acceptors (Lipinski definition) is 8. The van der Waals surface area contributed by atoms with Gasteiger partial charge in [0.15, 0.2) is 0 Å². The smallest absolute Gasteiger partial charge is 0.870 e. The summed E-state index contributed by atoms with van der Waals surface area (Å²) < 4.78 is 8.52. The molecule has 0 spiro atoms. The van der Waals surface area contributed by atoms with E-state index in [4.69, 9.17) is 14.1 Å². The summed E-state index contributed by atoms with van der Waals surface area (Å²) in [5, 5.41) is 0.